The number of aromatic nitrogens is 4. The fraction of sp³-hybridized carbons (Fsp3) is 0.143. The summed E-state index contributed by atoms with van der Waals surface area (Å²) >= 11 is 0. The Hall–Kier alpha value is -3.34. The van der Waals surface area contributed by atoms with Gasteiger partial charge in [0, 0.05) is 41.1 Å². The lowest BCUT2D eigenvalue weighted by Crippen LogP contribution is -1.94. The zero-order valence-corrected chi connectivity index (χ0v) is 14.1. The Labute approximate surface area is 150 Å². The third-order valence-corrected chi connectivity index (χ3v) is 4.92. The van der Waals surface area contributed by atoms with Crippen LogP contribution in [0.15, 0.2) is 54.9 Å². The van der Waals surface area contributed by atoms with Gasteiger partial charge in [-0.25, -0.2) is 0 Å². The molecule has 0 amide bonds. The van der Waals surface area contributed by atoms with Gasteiger partial charge in [0.25, 0.3) is 0 Å². The van der Waals surface area contributed by atoms with Crippen LogP contribution in [0, 0.1) is 0 Å². The third kappa shape index (κ3) is 2.24. The number of rotatable bonds is 3. The highest BCUT2D eigenvalue weighted by Gasteiger charge is 2.25. The van der Waals surface area contributed by atoms with Crippen LogP contribution in [-0.2, 0) is 13.0 Å². The number of benzene rings is 1. The van der Waals surface area contributed by atoms with E-state index < -0.39 is 0 Å². The van der Waals surface area contributed by atoms with Gasteiger partial charge in [-0.2, -0.15) is 5.10 Å². The second-order valence-electron chi connectivity index (χ2n) is 6.46. The van der Waals surface area contributed by atoms with Crippen LogP contribution in [-0.4, -0.2) is 26.0 Å². The van der Waals surface area contributed by atoms with E-state index in [1.54, 1.807) is 12.4 Å². The molecule has 1 aromatic carbocycles. The average molecular weight is 340 g/mol. The molecular weight excluding hydrogens is 324 g/mol. The molecule has 0 fully saturated rings. The molecule has 0 bridgehead atoms. The quantitative estimate of drug-likeness (QED) is 0.530. The van der Waals surface area contributed by atoms with E-state index in [4.69, 9.17) is 5.10 Å². The van der Waals surface area contributed by atoms with Crippen LogP contribution in [0.4, 0.5) is 0 Å². The highest BCUT2D eigenvalue weighted by molar-refractivity contribution is 6.00. The number of aryl methyl sites for hydroxylation is 1. The summed E-state index contributed by atoms with van der Waals surface area (Å²) in [6.07, 6.45) is 6.56. The fourth-order valence-corrected chi connectivity index (χ4v) is 3.75. The summed E-state index contributed by atoms with van der Waals surface area (Å²) in [7, 11) is 0. The van der Waals surface area contributed by atoms with Crippen LogP contribution >= 0.6 is 0 Å². The molecule has 0 radical (unpaired) electrons. The number of carbonyl (C=O) groups excluding carboxylic acids is 1. The van der Waals surface area contributed by atoms with Crippen molar-refractivity contribution >= 4 is 17.2 Å². The zero-order chi connectivity index (χ0) is 17.5. The summed E-state index contributed by atoms with van der Waals surface area (Å²) in [4.78, 5) is 20.1. The Kier molecular flexibility index (Phi) is 3.38. The molecule has 26 heavy (non-hydrogen) atoms. The van der Waals surface area contributed by atoms with Gasteiger partial charge in [0.15, 0.2) is 0 Å². The summed E-state index contributed by atoms with van der Waals surface area (Å²) < 4.78 is 2.10. The first kappa shape index (κ1) is 15.0. The van der Waals surface area contributed by atoms with Crippen LogP contribution < -0.4 is 0 Å². The second kappa shape index (κ2) is 5.88. The van der Waals surface area contributed by atoms with Gasteiger partial charge in [0.1, 0.15) is 12.0 Å². The summed E-state index contributed by atoms with van der Waals surface area (Å²) in [6, 6.07) is 13.6. The maximum atomic E-state index is 11.1. The lowest BCUT2D eigenvalue weighted by molar-refractivity contribution is 0.112. The van der Waals surface area contributed by atoms with Crippen molar-refractivity contribution < 1.29 is 4.79 Å². The lowest BCUT2D eigenvalue weighted by Gasteiger charge is -2.09. The van der Waals surface area contributed by atoms with E-state index in [2.05, 4.69) is 14.6 Å². The zero-order valence-electron chi connectivity index (χ0n) is 14.1. The summed E-state index contributed by atoms with van der Waals surface area (Å²) in [5, 5.41) is 5.88. The van der Waals surface area contributed by atoms with Crippen molar-refractivity contribution in [3.05, 3.63) is 66.1 Å². The minimum Gasteiger partial charge on any atom is -0.298 e. The Morgan fingerprint density at radius 3 is 2.85 bits per heavy atom. The van der Waals surface area contributed by atoms with Crippen LogP contribution in [0.5, 0.6) is 0 Å². The second-order valence-corrected chi connectivity index (χ2v) is 6.46. The first-order valence-electron chi connectivity index (χ1n) is 8.70. The first-order chi connectivity index (χ1) is 12.8. The van der Waals surface area contributed by atoms with E-state index in [0.29, 0.717) is 5.56 Å². The first-order valence-corrected chi connectivity index (χ1v) is 8.70. The number of hydrogen-bond acceptors (Lipinski definition) is 4. The van der Waals surface area contributed by atoms with Gasteiger partial charge in [-0.05, 0) is 42.7 Å². The van der Waals surface area contributed by atoms with E-state index >= 15 is 0 Å². The summed E-state index contributed by atoms with van der Waals surface area (Å²) in [6.45, 7) is 0.938. The molecule has 0 unspecified atom stereocenters. The van der Waals surface area contributed by atoms with E-state index in [1.165, 1.54) is 5.69 Å². The summed E-state index contributed by atoms with van der Waals surface area (Å²) in [5.41, 5.74) is 6.71. The summed E-state index contributed by atoms with van der Waals surface area (Å²) in [5.74, 6) is 0. The van der Waals surface area contributed by atoms with Crippen LogP contribution in [0.1, 0.15) is 22.5 Å². The fourth-order valence-electron chi connectivity index (χ4n) is 3.75. The van der Waals surface area contributed by atoms with Gasteiger partial charge >= 0.3 is 0 Å². The minimum absolute atomic E-state index is 0.632. The highest BCUT2D eigenvalue weighted by Crippen LogP contribution is 2.39. The highest BCUT2D eigenvalue weighted by atomic mass is 16.1. The van der Waals surface area contributed by atoms with Gasteiger partial charge in [-0.3, -0.25) is 19.4 Å². The number of fused-ring (bicyclic) bond motifs is 2. The number of pyridine rings is 2. The van der Waals surface area contributed by atoms with Gasteiger partial charge in [0.05, 0.1) is 11.2 Å². The van der Waals surface area contributed by atoms with Gasteiger partial charge in [-0.1, -0.05) is 18.2 Å². The number of aldehydes is 1. The van der Waals surface area contributed by atoms with Crippen LogP contribution in [0.2, 0.25) is 0 Å². The van der Waals surface area contributed by atoms with E-state index in [9.17, 15) is 4.79 Å². The molecule has 3 aromatic heterocycles. The maximum absolute atomic E-state index is 11.1. The number of nitrogens with zero attached hydrogens (tertiary/aromatic N) is 4. The lowest BCUT2D eigenvalue weighted by atomic mass is 9.96. The van der Waals surface area contributed by atoms with Crippen molar-refractivity contribution in [1.82, 2.24) is 19.7 Å². The molecule has 0 N–H and O–H groups in total. The Balaban J connectivity index is 1.81. The topological polar surface area (TPSA) is 60.7 Å². The SMILES string of the molecule is O=Cc1ccc2c(-c3c(-c4ccccn4)nn4c3CCC4)ccnc2c1. The van der Waals surface area contributed by atoms with Crippen molar-refractivity contribution in [2.24, 2.45) is 0 Å². The molecule has 4 heterocycles. The molecule has 126 valence electrons. The van der Waals surface area contributed by atoms with Gasteiger partial charge in [0.2, 0.25) is 0 Å². The predicted octanol–water partition coefficient (Wildman–Crippen LogP) is 3.92. The molecule has 0 atom stereocenters. The Bertz CT molecular complexity index is 1130. The van der Waals surface area contributed by atoms with E-state index in [1.807, 2.05) is 42.5 Å². The predicted molar refractivity (Wildman–Crippen MR) is 99.9 cm³/mol. The minimum atomic E-state index is 0.632. The molecule has 5 heteroatoms. The molecule has 0 aliphatic carbocycles. The van der Waals surface area contributed by atoms with Gasteiger partial charge in [-0.15, -0.1) is 0 Å². The normalized spacial score (nSPS) is 13.1. The van der Waals surface area contributed by atoms with Crippen LogP contribution in [0.3, 0.4) is 0 Å². The van der Waals surface area contributed by atoms with Crippen LogP contribution in [0.25, 0.3) is 33.4 Å². The molecule has 0 saturated carbocycles. The molecule has 5 nitrogen and oxygen atoms in total. The van der Waals surface area contributed by atoms with Crippen molar-refractivity contribution in [3.63, 3.8) is 0 Å². The van der Waals surface area contributed by atoms with Crippen molar-refractivity contribution in [1.29, 1.82) is 0 Å². The third-order valence-electron chi connectivity index (χ3n) is 4.92. The maximum Gasteiger partial charge on any atom is 0.150 e. The molecule has 4 aromatic rings. The largest absolute Gasteiger partial charge is 0.298 e. The van der Waals surface area contributed by atoms with Crippen molar-refractivity contribution in [2.75, 3.05) is 0 Å². The molecule has 1 aliphatic heterocycles. The standard InChI is InChI=1S/C21H16N4O/c26-13-14-6-7-15-16(8-10-23-18(15)12-14)20-19-5-3-11-25(19)24-21(20)17-4-1-2-9-22-17/h1-2,4,6-10,12-13H,3,5,11H2. The molecule has 0 saturated heterocycles. The van der Waals surface area contributed by atoms with E-state index in [-0.39, 0.29) is 0 Å². The number of carbonyl (C=O) groups is 1. The van der Waals surface area contributed by atoms with Gasteiger partial charge < -0.3 is 0 Å². The number of hydrogen-bond donors (Lipinski definition) is 0. The van der Waals surface area contributed by atoms with Crippen molar-refractivity contribution in [3.8, 4) is 22.5 Å². The molecular formula is C21H16N4O. The molecule has 5 rings (SSSR count). The van der Waals surface area contributed by atoms with E-state index in [0.717, 1.165) is 59.1 Å². The average Bonchev–Trinajstić information content (AvgIpc) is 3.29. The van der Waals surface area contributed by atoms with Crippen molar-refractivity contribution in [2.45, 2.75) is 19.4 Å². The molecule has 1 aliphatic rings. The monoisotopic (exact) mass is 340 g/mol. The Morgan fingerprint density at radius 1 is 1.04 bits per heavy atom. The smallest absolute Gasteiger partial charge is 0.150 e. The molecule has 0 spiro atoms. The Morgan fingerprint density at radius 2 is 2.00 bits per heavy atom.